The molecule has 0 atom stereocenters. The van der Waals surface area contributed by atoms with Crippen LogP contribution in [-0.4, -0.2) is 16.1 Å². The van der Waals surface area contributed by atoms with Crippen molar-refractivity contribution in [3.8, 4) is 17.6 Å². The Balaban J connectivity index is 2.03. The third kappa shape index (κ3) is 4.75. The predicted octanol–water partition coefficient (Wildman–Crippen LogP) is 2.88. The Bertz CT molecular complexity index is 818. The van der Waals surface area contributed by atoms with Gasteiger partial charge in [-0.3, -0.25) is 4.79 Å². The summed E-state index contributed by atoms with van der Waals surface area (Å²) in [6.07, 6.45) is 4.32. The monoisotopic (exact) mass is 320 g/mol. The average Bonchev–Trinajstić information content (AvgIpc) is 2.60. The lowest BCUT2D eigenvalue weighted by Gasteiger charge is -2.03. The molecule has 0 bridgehead atoms. The Morgan fingerprint density at radius 2 is 1.92 bits per heavy atom. The molecule has 0 saturated heterocycles. The number of nitrogens with one attached hydrogen (secondary N) is 1. The highest BCUT2D eigenvalue weighted by Gasteiger charge is 2.07. The molecule has 0 fully saturated rings. The summed E-state index contributed by atoms with van der Waals surface area (Å²) in [6, 6.07) is 15.3. The second-order valence-electron chi connectivity index (χ2n) is 4.96. The van der Waals surface area contributed by atoms with E-state index in [1.807, 2.05) is 36.4 Å². The Labute approximate surface area is 139 Å². The van der Waals surface area contributed by atoms with Gasteiger partial charge in [0.05, 0.1) is 0 Å². The number of hydrogen-bond acceptors (Lipinski definition) is 4. The minimum Gasteiger partial charge on any atom is -0.508 e. The van der Waals surface area contributed by atoms with Crippen molar-refractivity contribution >= 4 is 12.0 Å². The number of nitrogens with zero attached hydrogens (tertiary/aromatic N) is 1. The van der Waals surface area contributed by atoms with Gasteiger partial charge in [0, 0.05) is 12.1 Å². The Kier molecular flexibility index (Phi) is 5.76. The molecule has 1 amide bonds. The first-order chi connectivity index (χ1) is 11.6. The molecule has 3 N–H and O–H groups in total. The number of allylic oxidation sites excluding steroid dienone is 2. The highest BCUT2D eigenvalue weighted by atomic mass is 16.3. The maximum Gasteiger partial charge on any atom is 0.262 e. The van der Waals surface area contributed by atoms with Gasteiger partial charge in [-0.25, -0.2) is 0 Å². The first kappa shape index (κ1) is 16.8. The van der Waals surface area contributed by atoms with Crippen molar-refractivity contribution < 1.29 is 15.0 Å². The van der Waals surface area contributed by atoms with Crippen molar-refractivity contribution in [3.63, 3.8) is 0 Å². The van der Waals surface area contributed by atoms with Gasteiger partial charge in [0.1, 0.15) is 23.1 Å². The average molecular weight is 320 g/mol. The molecule has 120 valence electrons. The van der Waals surface area contributed by atoms with Gasteiger partial charge in [0.2, 0.25) is 0 Å². The van der Waals surface area contributed by atoms with Gasteiger partial charge in [-0.15, -0.1) is 0 Å². The van der Waals surface area contributed by atoms with Gasteiger partial charge in [-0.05, 0) is 29.8 Å². The van der Waals surface area contributed by atoms with E-state index in [-0.39, 0.29) is 17.1 Å². The van der Waals surface area contributed by atoms with Crippen LogP contribution in [0.2, 0.25) is 0 Å². The molecule has 0 saturated carbocycles. The number of nitriles is 1. The number of phenolic OH excluding ortho intramolecular Hbond substituents is 2. The Hall–Kier alpha value is -3.52. The van der Waals surface area contributed by atoms with Crippen molar-refractivity contribution in [2.45, 2.75) is 6.54 Å². The van der Waals surface area contributed by atoms with Gasteiger partial charge in [-0.2, -0.15) is 5.26 Å². The zero-order chi connectivity index (χ0) is 17.4. The highest BCUT2D eigenvalue weighted by Crippen LogP contribution is 2.23. The minimum atomic E-state index is -0.480. The van der Waals surface area contributed by atoms with Crippen LogP contribution in [0.25, 0.3) is 6.08 Å². The van der Waals surface area contributed by atoms with Gasteiger partial charge < -0.3 is 15.5 Å². The number of rotatable bonds is 5. The summed E-state index contributed by atoms with van der Waals surface area (Å²) in [5.41, 5.74) is 1.26. The van der Waals surface area contributed by atoms with Crippen molar-refractivity contribution in [1.29, 1.82) is 5.26 Å². The summed E-state index contributed by atoms with van der Waals surface area (Å²) in [4.78, 5) is 12.0. The van der Waals surface area contributed by atoms with E-state index >= 15 is 0 Å². The molecule has 0 aromatic heterocycles. The summed E-state index contributed by atoms with van der Waals surface area (Å²) >= 11 is 0. The van der Waals surface area contributed by atoms with E-state index in [0.717, 1.165) is 5.56 Å². The van der Waals surface area contributed by atoms with Crippen LogP contribution in [0, 0.1) is 11.3 Å². The van der Waals surface area contributed by atoms with E-state index < -0.39 is 5.91 Å². The van der Waals surface area contributed by atoms with E-state index in [2.05, 4.69) is 5.32 Å². The van der Waals surface area contributed by atoms with Crippen LogP contribution >= 0.6 is 0 Å². The molecule has 0 unspecified atom stereocenters. The number of hydrogen-bond donors (Lipinski definition) is 3. The number of aromatic hydroxyl groups is 2. The molecule has 0 aliphatic rings. The van der Waals surface area contributed by atoms with Crippen LogP contribution in [-0.2, 0) is 11.3 Å². The number of phenols is 2. The summed E-state index contributed by atoms with van der Waals surface area (Å²) in [6.45, 7) is 0.329. The summed E-state index contributed by atoms with van der Waals surface area (Å²) in [5, 5.41) is 30.8. The fourth-order valence-electron chi connectivity index (χ4n) is 1.96. The van der Waals surface area contributed by atoms with Crippen LogP contribution in [0.5, 0.6) is 11.5 Å². The Morgan fingerprint density at radius 3 is 2.62 bits per heavy atom. The second kappa shape index (κ2) is 8.20. The predicted molar refractivity (Wildman–Crippen MR) is 90.8 cm³/mol. The van der Waals surface area contributed by atoms with Crippen molar-refractivity contribution in [2.75, 3.05) is 0 Å². The van der Waals surface area contributed by atoms with Crippen molar-refractivity contribution in [3.05, 3.63) is 77.4 Å². The van der Waals surface area contributed by atoms with E-state index in [0.29, 0.717) is 12.1 Å². The number of carbonyl (C=O) groups is 1. The molecule has 24 heavy (non-hydrogen) atoms. The van der Waals surface area contributed by atoms with Crippen molar-refractivity contribution in [2.24, 2.45) is 0 Å². The van der Waals surface area contributed by atoms with E-state index in [1.54, 1.807) is 0 Å². The van der Waals surface area contributed by atoms with Crippen LogP contribution < -0.4 is 5.32 Å². The molecule has 0 aliphatic heterocycles. The quantitative estimate of drug-likeness (QED) is 0.342. The molecular formula is C19H16N2O3. The third-order valence-electron chi connectivity index (χ3n) is 3.21. The van der Waals surface area contributed by atoms with Gasteiger partial charge in [-0.1, -0.05) is 42.5 Å². The lowest BCUT2D eigenvalue weighted by molar-refractivity contribution is -0.117. The highest BCUT2D eigenvalue weighted by molar-refractivity contribution is 5.97. The number of carbonyl (C=O) groups excluding carboxylic acids is 1. The SMILES string of the molecule is N#CC(=CC=Cc1cc(O)ccc1O)C(=O)NCc1ccccc1. The van der Waals surface area contributed by atoms with Crippen LogP contribution in [0.15, 0.2) is 66.3 Å². The van der Waals surface area contributed by atoms with Gasteiger partial charge in [0.15, 0.2) is 0 Å². The largest absolute Gasteiger partial charge is 0.508 e. The van der Waals surface area contributed by atoms with Crippen molar-refractivity contribution in [1.82, 2.24) is 5.32 Å². The third-order valence-corrected chi connectivity index (χ3v) is 3.21. The van der Waals surface area contributed by atoms with E-state index in [9.17, 15) is 15.0 Å². The van der Waals surface area contributed by atoms with Gasteiger partial charge >= 0.3 is 0 Å². The standard InChI is InChI=1S/C19H16N2O3/c20-12-16(19(24)21-13-14-5-2-1-3-6-14)8-4-7-15-11-17(22)9-10-18(15)23/h1-11,22-23H,13H2,(H,21,24). The smallest absolute Gasteiger partial charge is 0.262 e. The van der Waals surface area contributed by atoms with E-state index in [4.69, 9.17) is 5.26 Å². The fraction of sp³-hybridized carbons (Fsp3) is 0.0526. The molecule has 0 spiro atoms. The maximum atomic E-state index is 12.0. The zero-order valence-electron chi connectivity index (χ0n) is 12.8. The minimum absolute atomic E-state index is 0.00973. The number of benzene rings is 2. The molecule has 2 aromatic carbocycles. The zero-order valence-corrected chi connectivity index (χ0v) is 12.8. The molecule has 0 radical (unpaired) electrons. The summed E-state index contributed by atoms with van der Waals surface area (Å²) in [7, 11) is 0. The molecular weight excluding hydrogens is 304 g/mol. The molecule has 5 heteroatoms. The lowest BCUT2D eigenvalue weighted by Crippen LogP contribution is -2.23. The topological polar surface area (TPSA) is 93.3 Å². The Morgan fingerprint density at radius 1 is 1.17 bits per heavy atom. The van der Waals surface area contributed by atoms with Gasteiger partial charge in [0.25, 0.3) is 5.91 Å². The number of amides is 1. The summed E-state index contributed by atoms with van der Waals surface area (Å²) < 4.78 is 0. The van der Waals surface area contributed by atoms with Crippen LogP contribution in [0.4, 0.5) is 0 Å². The summed E-state index contributed by atoms with van der Waals surface area (Å²) in [5.74, 6) is -0.479. The molecule has 2 aromatic rings. The molecule has 5 nitrogen and oxygen atoms in total. The molecule has 0 aliphatic carbocycles. The van der Waals surface area contributed by atoms with Crippen LogP contribution in [0.3, 0.4) is 0 Å². The molecule has 2 rings (SSSR count). The van der Waals surface area contributed by atoms with E-state index in [1.165, 1.54) is 36.4 Å². The van der Waals surface area contributed by atoms with Crippen LogP contribution in [0.1, 0.15) is 11.1 Å². The second-order valence-corrected chi connectivity index (χ2v) is 4.96. The lowest BCUT2D eigenvalue weighted by atomic mass is 10.1. The maximum absolute atomic E-state index is 12.0. The normalized spacial score (nSPS) is 11.2. The molecule has 0 heterocycles. The first-order valence-corrected chi connectivity index (χ1v) is 7.22. The first-order valence-electron chi connectivity index (χ1n) is 7.22. The fourth-order valence-corrected chi connectivity index (χ4v) is 1.96.